The highest BCUT2D eigenvalue weighted by molar-refractivity contribution is 6.31. The topological polar surface area (TPSA) is 39.1 Å². The lowest BCUT2D eigenvalue weighted by Crippen LogP contribution is -2.45. The molecule has 2 unspecified atom stereocenters. The lowest BCUT2D eigenvalue weighted by molar-refractivity contribution is 0.0745. The summed E-state index contributed by atoms with van der Waals surface area (Å²) in [7, 11) is 1.63. The third-order valence-corrected chi connectivity index (χ3v) is 4.48. The molecule has 1 N–H and O–H groups in total. The average molecular weight is 288 g/mol. The molecular formula is C13H19ClFN3O. The van der Waals surface area contributed by atoms with E-state index < -0.39 is 5.67 Å². The van der Waals surface area contributed by atoms with Crippen LogP contribution in [0.1, 0.15) is 31.4 Å². The van der Waals surface area contributed by atoms with Crippen LogP contribution in [0.25, 0.3) is 0 Å². The Bertz CT molecular complexity index is 453. The molecule has 0 spiro atoms. The van der Waals surface area contributed by atoms with Crippen molar-refractivity contribution in [3.8, 4) is 0 Å². The molecule has 0 aromatic carbocycles. The van der Waals surface area contributed by atoms with Crippen molar-refractivity contribution in [3.63, 3.8) is 0 Å². The molecule has 3 rings (SSSR count). The molecule has 2 fully saturated rings. The molecule has 6 heteroatoms. The van der Waals surface area contributed by atoms with Crippen LogP contribution in [0.3, 0.4) is 0 Å². The van der Waals surface area contributed by atoms with Gasteiger partial charge in [0.1, 0.15) is 0 Å². The fourth-order valence-corrected chi connectivity index (χ4v) is 3.75. The molecule has 1 aromatic heterocycles. The number of methoxy groups -OCH3 is 1. The zero-order valence-electron chi connectivity index (χ0n) is 11.0. The van der Waals surface area contributed by atoms with Gasteiger partial charge in [0.2, 0.25) is 0 Å². The van der Waals surface area contributed by atoms with Crippen molar-refractivity contribution < 1.29 is 9.13 Å². The van der Waals surface area contributed by atoms with Gasteiger partial charge in [0, 0.05) is 32.0 Å². The first-order valence-electron chi connectivity index (χ1n) is 6.78. The molecular weight excluding hydrogens is 269 g/mol. The van der Waals surface area contributed by atoms with Gasteiger partial charge in [-0.3, -0.25) is 4.68 Å². The normalized spacial score (nSPS) is 33.8. The number of alkyl halides is 1. The smallest absolute Gasteiger partial charge is 0.156 e. The van der Waals surface area contributed by atoms with Crippen LogP contribution in [0.4, 0.5) is 4.39 Å². The zero-order valence-corrected chi connectivity index (χ0v) is 11.8. The van der Waals surface area contributed by atoms with Crippen molar-refractivity contribution in [2.75, 3.05) is 13.7 Å². The molecule has 3 heterocycles. The average Bonchev–Trinajstić information content (AvgIpc) is 2.90. The van der Waals surface area contributed by atoms with Gasteiger partial charge in [-0.15, -0.1) is 0 Å². The van der Waals surface area contributed by atoms with Crippen molar-refractivity contribution in [2.45, 2.75) is 50.0 Å². The number of aromatic nitrogens is 2. The van der Waals surface area contributed by atoms with Gasteiger partial charge < -0.3 is 10.1 Å². The minimum absolute atomic E-state index is 0.269. The number of piperidine rings is 1. The number of fused-ring (bicyclic) bond motifs is 2. The monoisotopic (exact) mass is 287 g/mol. The fraction of sp³-hybridized carbons (Fsp3) is 0.769. The molecule has 0 amide bonds. The first-order chi connectivity index (χ1) is 9.12. The van der Waals surface area contributed by atoms with E-state index in [4.69, 9.17) is 16.3 Å². The number of rotatable bonds is 4. The van der Waals surface area contributed by atoms with E-state index >= 15 is 4.39 Å². The highest BCUT2D eigenvalue weighted by Gasteiger charge is 2.48. The van der Waals surface area contributed by atoms with E-state index in [0.29, 0.717) is 36.7 Å². The molecule has 1 aromatic rings. The second kappa shape index (κ2) is 5.04. The van der Waals surface area contributed by atoms with Crippen LogP contribution in [0.2, 0.25) is 5.02 Å². The number of halogens is 2. The standard InChI is InChI=1S/C13H19ClFN3O/c1-19-5-4-18-12(11(14)8-16-18)13(15)6-9-2-3-10(7-13)17-9/h8-10,17H,2-7H2,1H3. The molecule has 2 bridgehead atoms. The molecule has 2 aliphatic rings. The highest BCUT2D eigenvalue weighted by atomic mass is 35.5. The van der Waals surface area contributed by atoms with E-state index in [1.54, 1.807) is 11.8 Å². The number of hydrogen-bond acceptors (Lipinski definition) is 3. The summed E-state index contributed by atoms with van der Waals surface area (Å²) in [6.45, 7) is 1.04. The van der Waals surface area contributed by atoms with E-state index in [9.17, 15) is 0 Å². The van der Waals surface area contributed by atoms with Crippen molar-refractivity contribution in [3.05, 3.63) is 16.9 Å². The SMILES string of the molecule is COCCn1ncc(Cl)c1C1(F)CC2CCC(C1)N2. The van der Waals surface area contributed by atoms with Crippen LogP contribution in [-0.2, 0) is 17.0 Å². The molecule has 2 saturated heterocycles. The van der Waals surface area contributed by atoms with Crippen LogP contribution < -0.4 is 5.32 Å². The summed E-state index contributed by atoms with van der Waals surface area (Å²) in [4.78, 5) is 0. The van der Waals surface area contributed by atoms with Crippen LogP contribution in [-0.4, -0.2) is 35.6 Å². The Hall–Kier alpha value is -0.650. The maximum atomic E-state index is 15.4. The summed E-state index contributed by atoms with van der Waals surface area (Å²) >= 11 is 6.18. The molecule has 0 saturated carbocycles. The molecule has 19 heavy (non-hydrogen) atoms. The van der Waals surface area contributed by atoms with Gasteiger partial charge in [-0.05, 0) is 12.8 Å². The molecule has 4 nitrogen and oxygen atoms in total. The number of nitrogens with one attached hydrogen (secondary N) is 1. The Balaban J connectivity index is 1.90. The Morgan fingerprint density at radius 2 is 2.21 bits per heavy atom. The van der Waals surface area contributed by atoms with Crippen molar-refractivity contribution in [1.29, 1.82) is 0 Å². The minimum atomic E-state index is -1.36. The third-order valence-electron chi connectivity index (χ3n) is 4.20. The van der Waals surface area contributed by atoms with Crippen LogP contribution in [0, 0.1) is 0 Å². The summed E-state index contributed by atoms with van der Waals surface area (Å²) in [5.74, 6) is 0. The largest absolute Gasteiger partial charge is 0.383 e. The van der Waals surface area contributed by atoms with Gasteiger partial charge in [0.15, 0.2) is 5.67 Å². The molecule has 2 atom stereocenters. The molecule has 0 aliphatic carbocycles. The molecule has 0 radical (unpaired) electrons. The predicted octanol–water partition coefficient (Wildman–Crippen LogP) is 2.26. The maximum Gasteiger partial charge on any atom is 0.156 e. The van der Waals surface area contributed by atoms with Gasteiger partial charge in [0.25, 0.3) is 0 Å². The van der Waals surface area contributed by atoms with Gasteiger partial charge in [0.05, 0.1) is 30.1 Å². The quantitative estimate of drug-likeness (QED) is 0.923. The van der Waals surface area contributed by atoms with Gasteiger partial charge in [-0.25, -0.2) is 4.39 Å². The van der Waals surface area contributed by atoms with Gasteiger partial charge in [-0.1, -0.05) is 11.6 Å². The Morgan fingerprint density at radius 1 is 1.53 bits per heavy atom. The van der Waals surface area contributed by atoms with E-state index in [1.165, 1.54) is 6.20 Å². The minimum Gasteiger partial charge on any atom is -0.383 e. The van der Waals surface area contributed by atoms with Crippen LogP contribution >= 0.6 is 11.6 Å². The Morgan fingerprint density at radius 3 is 2.84 bits per heavy atom. The van der Waals surface area contributed by atoms with Gasteiger partial charge >= 0.3 is 0 Å². The maximum absolute atomic E-state index is 15.4. The molecule has 2 aliphatic heterocycles. The van der Waals surface area contributed by atoms with Gasteiger partial charge in [-0.2, -0.15) is 5.10 Å². The lowest BCUT2D eigenvalue weighted by atomic mass is 9.86. The number of nitrogens with zero attached hydrogens (tertiary/aromatic N) is 2. The summed E-state index contributed by atoms with van der Waals surface area (Å²) in [5.41, 5.74) is -0.831. The van der Waals surface area contributed by atoms with Crippen molar-refractivity contribution in [1.82, 2.24) is 15.1 Å². The summed E-state index contributed by atoms with van der Waals surface area (Å²) in [5, 5.41) is 8.07. The van der Waals surface area contributed by atoms with Crippen LogP contribution in [0.5, 0.6) is 0 Å². The number of hydrogen-bond donors (Lipinski definition) is 1. The first-order valence-corrected chi connectivity index (χ1v) is 7.16. The summed E-state index contributed by atoms with van der Waals surface area (Å²) in [6.07, 6.45) is 4.63. The summed E-state index contributed by atoms with van der Waals surface area (Å²) in [6, 6.07) is 0.538. The zero-order chi connectivity index (χ0) is 13.5. The van der Waals surface area contributed by atoms with E-state index in [0.717, 1.165) is 12.8 Å². The highest BCUT2D eigenvalue weighted by Crippen LogP contribution is 2.45. The van der Waals surface area contributed by atoms with Crippen molar-refractivity contribution in [2.24, 2.45) is 0 Å². The third kappa shape index (κ3) is 2.39. The van der Waals surface area contributed by atoms with E-state index in [2.05, 4.69) is 10.4 Å². The first kappa shape index (κ1) is 13.3. The lowest BCUT2D eigenvalue weighted by Gasteiger charge is -2.35. The second-order valence-electron chi connectivity index (χ2n) is 5.57. The van der Waals surface area contributed by atoms with E-state index in [1.807, 2.05) is 0 Å². The van der Waals surface area contributed by atoms with E-state index in [-0.39, 0.29) is 12.1 Å². The van der Waals surface area contributed by atoms with Crippen molar-refractivity contribution >= 4 is 11.6 Å². The Labute approximate surface area is 117 Å². The second-order valence-corrected chi connectivity index (χ2v) is 5.98. The number of ether oxygens (including phenoxy) is 1. The Kier molecular flexibility index (Phi) is 3.53. The predicted molar refractivity (Wildman–Crippen MR) is 71.1 cm³/mol. The van der Waals surface area contributed by atoms with Crippen LogP contribution in [0.15, 0.2) is 6.20 Å². The fourth-order valence-electron chi connectivity index (χ4n) is 3.44. The molecule has 106 valence electrons. The summed E-state index contributed by atoms with van der Waals surface area (Å²) < 4.78 is 22.1.